The van der Waals surface area contributed by atoms with Crippen molar-refractivity contribution in [1.29, 1.82) is 0 Å². The number of hydrogen-bond donors (Lipinski definition) is 1. The lowest BCUT2D eigenvalue weighted by Gasteiger charge is -2.12. The molecule has 1 N–H and O–H groups in total. The predicted molar refractivity (Wildman–Crippen MR) is 57.9 cm³/mol. The first-order chi connectivity index (χ1) is 6.09. The first kappa shape index (κ1) is 9.00. The van der Waals surface area contributed by atoms with Gasteiger partial charge in [0.1, 0.15) is 5.82 Å². The van der Waals surface area contributed by atoms with Gasteiger partial charge in [0.25, 0.3) is 0 Å². The molecule has 70 valence electrons. The Kier molecular flexibility index (Phi) is 2.06. The molecule has 0 amide bonds. The van der Waals surface area contributed by atoms with E-state index in [9.17, 15) is 0 Å². The van der Waals surface area contributed by atoms with Gasteiger partial charge in [-0.1, -0.05) is 0 Å². The third-order valence-electron chi connectivity index (χ3n) is 2.48. The van der Waals surface area contributed by atoms with Crippen LogP contribution in [0.3, 0.4) is 0 Å². The molecular formula is C10H13BrN2. The summed E-state index contributed by atoms with van der Waals surface area (Å²) >= 11 is 3.43. The first-order valence-electron chi connectivity index (χ1n) is 4.49. The molecule has 1 aromatic rings. The average Bonchev–Trinajstić information content (AvgIpc) is 2.76. The van der Waals surface area contributed by atoms with E-state index >= 15 is 0 Å². The van der Waals surface area contributed by atoms with E-state index in [1.54, 1.807) is 0 Å². The Morgan fingerprint density at radius 2 is 2.23 bits per heavy atom. The summed E-state index contributed by atoms with van der Waals surface area (Å²) < 4.78 is 1.07. The van der Waals surface area contributed by atoms with Crippen molar-refractivity contribution < 1.29 is 0 Å². The van der Waals surface area contributed by atoms with E-state index in [-0.39, 0.29) is 0 Å². The number of hydrogen-bond acceptors (Lipinski definition) is 2. The largest absolute Gasteiger partial charge is 0.365 e. The second-order valence-corrected chi connectivity index (χ2v) is 4.86. The van der Waals surface area contributed by atoms with Crippen LogP contribution in [0.1, 0.15) is 25.3 Å². The first-order valence-corrected chi connectivity index (χ1v) is 5.29. The maximum Gasteiger partial charge on any atom is 0.126 e. The number of rotatable bonds is 2. The van der Waals surface area contributed by atoms with Gasteiger partial charge in [-0.25, -0.2) is 4.98 Å². The molecule has 13 heavy (non-hydrogen) atoms. The van der Waals surface area contributed by atoms with Crippen LogP contribution in [0.25, 0.3) is 0 Å². The lowest BCUT2D eigenvalue weighted by atomic mass is 10.2. The summed E-state index contributed by atoms with van der Waals surface area (Å²) in [6, 6.07) is 2.08. The molecule has 0 aliphatic heterocycles. The van der Waals surface area contributed by atoms with Crippen molar-refractivity contribution in [2.24, 2.45) is 0 Å². The summed E-state index contributed by atoms with van der Waals surface area (Å²) in [7, 11) is 0. The Morgan fingerprint density at radius 3 is 2.77 bits per heavy atom. The molecule has 0 bridgehead atoms. The van der Waals surface area contributed by atoms with Crippen LogP contribution >= 0.6 is 15.9 Å². The molecule has 1 aliphatic rings. The van der Waals surface area contributed by atoms with Gasteiger partial charge in [0, 0.05) is 16.2 Å². The molecule has 0 spiro atoms. The second kappa shape index (κ2) is 2.98. The molecular weight excluding hydrogens is 228 g/mol. The van der Waals surface area contributed by atoms with E-state index in [0.717, 1.165) is 10.3 Å². The minimum atomic E-state index is 0.313. The fourth-order valence-corrected chi connectivity index (χ4v) is 1.45. The number of anilines is 1. The number of aryl methyl sites for hydroxylation is 1. The van der Waals surface area contributed by atoms with Crippen LogP contribution in [0.15, 0.2) is 16.7 Å². The fourth-order valence-electron chi connectivity index (χ4n) is 1.23. The van der Waals surface area contributed by atoms with Crippen LogP contribution in [0.5, 0.6) is 0 Å². The lowest BCUT2D eigenvalue weighted by Crippen LogP contribution is -2.16. The zero-order valence-electron chi connectivity index (χ0n) is 7.89. The highest BCUT2D eigenvalue weighted by atomic mass is 79.9. The van der Waals surface area contributed by atoms with Crippen LogP contribution in [0, 0.1) is 6.92 Å². The van der Waals surface area contributed by atoms with E-state index in [0.29, 0.717) is 5.54 Å². The molecule has 0 radical (unpaired) electrons. The smallest absolute Gasteiger partial charge is 0.126 e. The number of nitrogens with one attached hydrogen (secondary N) is 1. The third-order valence-corrected chi connectivity index (χ3v) is 3.31. The van der Waals surface area contributed by atoms with Crippen molar-refractivity contribution in [3.63, 3.8) is 0 Å². The quantitative estimate of drug-likeness (QED) is 0.860. The van der Waals surface area contributed by atoms with E-state index < -0.39 is 0 Å². The molecule has 0 unspecified atom stereocenters. The summed E-state index contributed by atoms with van der Waals surface area (Å²) in [4.78, 5) is 4.31. The number of nitrogens with zero attached hydrogens (tertiary/aromatic N) is 1. The average molecular weight is 241 g/mol. The van der Waals surface area contributed by atoms with Gasteiger partial charge in [0.2, 0.25) is 0 Å². The summed E-state index contributed by atoms with van der Waals surface area (Å²) in [5.74, 6) is 0.987. The molecule has 0 saturated heterocycles. The standard InChI is InChI=1S/C10H13BrN2/c1-7-5-9(12-6-8(7)11)13-10(2)3-4-10/h5-6H,3-4H2,1-2H3,(H,12,13). The van der Waals surface area contributed by atoms with Gasteiger partial charge in [0.15, 0.2) is 0 Å². The van der Waals surface area contributed by atoms with Crippen molar-refractivity contribution >= 4 is 21.7 Å². The molecule has 2 nitrogen and oxygen atoms in total. The van der Waals surface area contributed by atoms with E-state index in [2.05, 4.69) is 46.1 Å². The molecule has 1 aliphatic carbocycles. The molecule has 2 rings (SSSR count). The molecule has 0 atom stereocenters. The third kappa shape index (κ3) is 2.02. The van der Waals surface area contributed by atoms with Crippen molar-refractivity contribution in [2.45, 2.75) is 32.2 Å². The summed E-state index contributed by atoms with van der Waals surface area (Å²) in [6.07, 6.45) is 4.36. The molecule has 0 aromatic carbocycles. The summed E-state index contributed by atoms with van der Waals surface area (Å²) in [6.45, 7) is 4.30. The van der Waals surface area contributed by atoms with E-state index in [1.807, 2.05) is 6.20 Å². The summed E-state index contributed by atoms with van der Waals surface area (Å²) in [5.41, 5.74) is 1.54. The Bertz CT molecular complexity index is 332. The van der Waals surface area contributed by atoms with Crippen LogP contribution in [0.4, 0.5) is 5.82 Å². The fraction of sp³-hybridized carbons (Fsp3) is 0.500. The monoisotopic (exact) mass is 240 g/mol. The maximum absolute atomic E-state index is 4.31. The van der Waals surface area contributed by atoms with Gasteiger partial charge in [-0.05, 0) is 54.2 Å². The molecule has 1 fully saturated rings. The SMILES string of the molecule is Cc1cc(NC2(C)CC2)ncc1Br. The van der Waals surface area contributed by atoms with Gasteiger partial charge in [-0.15, -0.1) is 0 Å². The minimum absolute atomic E-state index is 0.313. The van der Waals surface area contributed by atoms with Gasteiger partial charge >= 0.3 is 0 Å². The molecule has 1 saturated carbocycles. The van der Waals surface area contributed by atoms with Crippen LogP contribution < -0.4 is 5.32 Å². The zero-order valence-corrected chi connectivity index (χ0v) is 9.48. The van der Waals surface area contributed by atoms with Crippen LogP contribution in [-0.2, 0) is 0 Å². The van der Waals surface area contributed by atoms with Gasteiger partial charge in [-0.2, -0.15) is 0 Å². The molecule has 1 aromatic heterocycles. The number of aromatic nitrogens is 1. The van der Waals surface area contributed by atoms with Crippen molar-refractivity contribution in [2.75, 3.05) is 5.32 Å². The Hall–Kier alpha value is -0.570. The second-order valence-electron chi connectivity index (χ2n) is 4.00. The lowest BCUT2D eigenvalue weighted by molar-refractivity contribution is 0.820. The minimum Gasteiger partial charge on any atom is -0.365 e. The summed E-state index contributed by atoms with van der Waals surface area (Å²) in [5, 5.41) is 3.43. The zero-order chi connectivity index (χ0) is 9.47. The highest BCUT2D eigenvalue weighted by Gasteiger charge is 2.37. The predicted octanol–water partition coefficient (Wildman–Crippen LogP) is 3.12. The van der Waals surface area contributed by atoms with E-state index in [1.165, 1.54) is 18.4 Å². The Labute approximate surface area is 86.9 Å². The van der Waals surface area contributed by atoms with Gasteiger partial charge in [-0.3, -0.25) is 0 Å². The van der Waals surface area contributed by atoms with Crippen molar-refractivity contribution in [1.82, 2.24) is 4.98 Å². The molecule has 3 heteroatoms. The number of pyridine rings is 1. The van der Waals surface area contributed by atoms with Crippen molar-refractivity contribution in [3.05, 3.63) is 22.3 Å². The normalized spacial score (nSPS) is 18.4. The van der Waals surface area contributed by atoms with Gasteiger partial charge in [0.05, 0.1) is 0 Å². The highest BCUT2D eigenvalue weighted by Crippen LogP contribution is 2.37. The topological polar surface area (TPSA) is 24.9 Å². The molecule has 1 heterocycles. The van der Waals surface area contributed by atoms with Gasteiger partial charge < -0.3 is 5.32 Å². The Morgan fingerprint density at radius 1 is 1.54 bits per heavy atom. The van der Waals surface area contributed by atoms with E-state index in [4.69, 9.17) is 0 Å². The highest BCUT2D eigenvalue weighted by molar-refractivity contribution is 9.10. The van der Waals surface area contributed by atoms with Crippen LogP contribution in [0.2, 0.25) is 0 Å². The number of halogens is 1. The maximum atomic E-state index is 4.31. The van der Waals surface area contributed by atoms with Crippen LogP contribution in [-0.4, -0.2) is 10.5 Å². The Balaban J connectivity index is 2.17. The van der Waals surface area contributed by atoms with Crippen molar-refractivity contribution in [3.8, 4) is 0 Å².